The molecule has 0 spiro atoms. The van der Waals surface area contributed by atoms with E-state index < -0.39 is 0 Å². The Morgan fingerprint density at radius 1 is 0.759 bits per heavy atom. The van der Waals surface area contributed by atoms with Crippen molar-refractivity contribution in [3.8, 4) is 40.0 Å². The molecule has 1 aromatic heterocycles. The summed E-state index contributed by atoms with van der Waals surface area (Å²) in [6.45, 7) is 0.845. The second-order valence-electron chi connectivity index (χ2n) is 6.59. The first-order valence-corrected chi connectivity index (χ1v) is 9.07. The maximum absolute atomic E-state index is 5.76. The van der Waals surface area contributed by atoms with Crippen molar-refractivity contribution in [2.24, 2.45) is 0 Å². The smallest absolute Gasteiger partial charge is 0.217 e. The zero-order valence-corrected chi connectivity index (χ0v) is 17.9. The number of rotatable bonds is 5. The summed E-state index contributed by atoms with van der Waals surface area (Å²) in [7, 11) is 8.24. The Kier molecular flexibility index (Phi) is 5.94. The Morgan fingerprint density at radius 2 is 1.45 bits per heavy atom. The number of halogens is 1. The lowest BCUT2D eigenvalue weighted by atomic mass is 9.94. The predicted octanol–water partition coefficient (Wildman–Crippen LogP) is 0.397. The molecule has 2 aromatic carbocycles. The van der Waals surface area contributed by atoms with Crippen LogP contribution >= 0.6 is 0 Å². The summed E-state index contributed by atoms with van der Waals surface area (Å²) in [6, 6.07) is 8.16. The minimum atomic E-state index is 0. The lowest BCUT2D eigenvalue weighted by Gasteiger charge is -2.22. The minimum absolute atomic E-state index is 0. The number of methoxy groups -OCH3 is 5. The number of pyridine rings is 1. The van der Waals surface area contributed by atoms with Crippen LogP contribution in [0.1, 0.15) is 5.56 Å². The van der Waals surface area contributed by atoms with E-state index in [0.717, 1.165) is 46.5 Å². The minimum Gasteiger partial charge on any atom is -1.00 e. The maximum atomic E-state index is 5.76. The van der Waals surface area contributed by atoms with Gasteiger partial charge in [-0.25, -0.2) is 0 Å². The average Bonchev–Trinajstić information content (AvgIpc) is 2.74. The predicted molar refractivity (Wildman–Crippen MR) is 106 cm³/mol. The molecular weight excluding hydrogens is 394 g/mol. The van der Waals surface area contributed by atoms with Crippen molar-refractivity contribution in [1.29, 1.82) is 0 Å². The lowest BCUT2D eigenvalue weighted by molar-refractivity contribution is -0.686. The van der Waals surface area contributed by atoms with Crippen molar-refractivity contribution in [1.82, 2.24) is 0 Å². The van der Waals surface area contributed by atoms with Gasteiger partial charge in [0.25, 0.3) is 0 Å². The van der Waals surface area contributed by atoms with Crippen LogP contribution in [0.25, 0.3) is 22.0 Å². The molecule has 0 unspecified atom stereocenters. The van der Waals surface area contributed by atoms with E-state index in [4.69, 9.17) is 23.7 Å². The second-order valence-corrected chi connectivity index (χ2v) is 6.59. The van der Waals surface area contributed by atoms with Crippen LogP contribution in [0.3, 0.4) is 0 Å². The van der Waals surface area contributed by atoms with Crippen molar-refractivity contribution in [2.75, 3.05) is 35.5 Å². The van der Waals surface area contributed by atoms with Crippen LogP contribution in [-0.4, -0.2) is 35.5 Å². The van der Waals surface area contributed by atoms with Crippen molar-refractivity contribution >= 4 is 10.8 Å². The summed E-state index contributed by atoms with van der Waals surface area (Å²) in [6.07, 6.45) is 2.98. The molecule has 4 rings (SSSR count). The fraction of sp³-hybridized carbons (Fsp3) is 0.318. The van der Waals surface area contributed by atoms with Crippen LogP contribution in [0.5, 0.6) is 28.7 Å². The normalized spacial score (nSPS) is 11.8. The number of nitrogens with zero attached hydrogens (tertiary/aromatic N) is 1. The summed E-state index contributed by atoms with van der Waals surface area (Å²) in [5.41, 5.74) is 3.27. The highest BCUT2D eigenvalue weighted by molar-refractivity contribution is 5.92. The van der Waals surface area contributed by atoms with Gasteiger partial charge in [0.1, 0.15) is 0 Å². The Morgan fingerprint density at radius 3 is 2.07 bits per heavy atom. The highest BCUT2D eigenvalue weighted by Gasteiger charge is 2.32. The van der Waals surface area contributed by atoms with Gasteiger partial charge in [-0.15, -0.1) is 0 Å². The molecule has 3 aromatic rings. The van der Waals surface area contributed by atoms with Crippen LogP contribution in [0.2, 0.25) is 0 Å². The van der Waals surface area contributed by atoms with E-state index in [1.807, 2.05) is 18.2 Å². The fourth-order valence-corrected chi connectivity index (χ4v) is 4.01. The van der Waals surface area contributed by atoms with Gasteiger partial charge in [0, 0.05) is 12.5 Å². The van der Waals surface area contributed by atoms with Crippen LogP contribution in [0.15, 0.2) is 30.5 Å². The van der Waals surface area contributed by atoms with Gasteiger partial charge in [0.15, 0.2) is 35.7 Å². The molecule has 0 bridgehead atoms. The third-order valence-corrected chi connectivity index (χ3v) is 5.29. The first-order valence-electron chi connectivity index (χ1n) is 9.07. The number of ether oxygens (including phenoxy) is 5. The summed E-state index contributed by atoms with van der Waals surface area (Å²) < 4.78 is 30.2. The number of hydrogen-bond donors (Lipinski definition) is 0. The number of fused-ring (bicyclic) bond motifs is 4. The topological polar surface area (TPSA) is 50.0 Å². The van der Waals surface area contributed by atoms with E-state index in [9.17, 15) is 0 Å². The van der Waals surface area contributed by atoms with Crippen molar-refractivity contribution < 1.29 is 40.7 Å². The molecule has 0 atom stereocenters. The molecule has 6 nitrogen and oxygen atoms in total. The molecule has 1 aliphatic rings. The molecular formula is C22H24ClNO5. The summed E-state index contributed by atoms with van der Waals surface area (Å²) in [5, 5.41) is 2.07. The highest BCUT2D eigenvalue weighted by atomic mass is 35.5. The summed E-state index contributed by atoms with van der Waals surface area (Å²) in [4.78, 5) is 0. The zero-order valence-electron chi connectivity index (χ0n) is 17.2. The van der Waals surface area contributed by atoms with Gasteiger partial charge in [-0.05, 0) is 29.1 Å². The molecule has 0 saturated heterocycles. The fourth-order valence-electron chi connectivity index (χ4n) is 4.01. The molecule has 2 heterocycles. The molecule has 0 fully saturated rings. The summed E-state index contributed by atoms with van der Waals surface area (Å²) >= 11 is 0. The van der Waals surface area contributed by atoms with Gasteiger partial charge >= 0.3 is 0 Å². The standard InChI is InChI=1S/C22H24NO5.ClH/c1-24-17-7-6-13-10-16-19-14(8-9-23(16)12-15(13)20(17)26-3)11-18(25-2)21(27-4)22(19)28-5;/h6-7,10-12H,8-9H2,1-5H3;1H/q+1;/p-1. The van der Waals surface area contributed by atoms with Crippen LogP contribution in [-0.2, 0) is 13.0 Å². The molecule has 0 radical (unpaired) electrons. The van der Waals surface area contributed by atoms with Gasteiger partial charge in [-0.3, -0.25) is 0 Å². The van der Waals surface area contributed by atoms with E-state index in [-0.39, 0.29) is 12.4 Å². The first kappa shape index (κ1) is 20.9. The Bertz CT molecular complexity index is 1070. The van der Waals surface area contributed by atoms with Gasteiger partial charge < -0.3 is 36.1 Å². The molecule has 0 amide bonds. The molecule has 0 aliphatic carbocycles. The Hall–Kier alpha value is -2.86. The Balaban J connectivity index is 0.00000240. The van der Waals surface area contributed by atoms with Crippen molar-refractivity contribution in [3.63, 3.8) is 0 Å². The Labute approximate surface area is 176 Å². The number of aryl methyl sites for hydroxylation is 2. The van der Waals surface area contributed by atoms with Crippen molar-refractivity contribution in [2.45, 2.75) is 13.0 Å². The number of benzene rings is 2. The third kappa shape index (κ3) is 3.17. The molecule has 154 valence electrons. The van der Waals surface area contributed by atoms with Crippen LogP contribution in [0, 0.1) is 0 Å². The van der Waals surface area contributed by atoms with Gasteiger partial charge in [-0.2, -0.15) is 4.57 Å². The molecule has 1 aliphatic heterocycles. The quantitative estimate of drug-likeness (QED) is 0.562. The first-order chi connectivity index (χ1) is 13.7. The largest absolute Gasteiger partial charge is 1.00 e. The number of hydrogen-bond acceptors (Lipinski definition) is 5. The van der Waals surface area contributed by atoms with E-state index in [1.54, 1.807) is 35.5 Å². The van der Waals surface area contributed by atoms with E-state index in [0.29, 0.717) is 17.2 Å². The van der Waals surface area contributed by atoms with E-state index >= 15 is 0 Å². The monoisotopic (exact) mass is 417 g/mol. The molecule has 29 heavy (non-hydrogen) atoms. The number of aromatic nitrogens is 1. The van der Waals surface area contributed by atoms with E-state index in [2.05, 4.69) is 16.8 Å². The van der Waals surface area contributed by atoms with Crippen molar-refractivity contribution in [3.05, 3.63) is 36.0 Å². The summed E-state index contributed by atoms with van der Waals surface area (Å²) in [5.74, 6) is 3.42. The zero-order chi connectivity index (χ0) is 19.8. The SMILES string of the molecule is COc1cc2c(c(OC)c1OC)-c1cc3ccc(OC)c(OC)c3c[n+]1CC2.[Cl-]. The average molecular weight is 418 g/mol. The van der Waals surface area contributed by atoms with Crippen LogP contribution < -0.4 is 40.7 Å². The van der Waals surface area contributed by atoms with E-state index in [1.165, 1.54) is 5.56 Å². The maximum Gasteiger partial charge on any atom is 0.217 e. The molecule has 0 N–H and O–H groups in total. The van der Waals surface area contributed by atoms with Crippen LogP contribution in [0.4, 0.5) is 0 Å². The molecule has 7 heteroatoms. The van der Waals surface area contributed by atoms with Gasteiger partial charge in [0.2, 0.25) is 11.4 Å². The van der Waals surface area contributed by atoms with Gasteiger partial charge in [-0.1, -0.05) is 0 Å². The lowest BCUT2D eigenvalue weighted by Crippen LogP contribution is -3.00. The highest BCUT2D eigenvalue weighted by Crippen LogP contribution is 2.48. The second kappa shape index (κ2) is 8.25. The van der Waals surface area contributed by atoms with Gasteiger partial charge in [0.05, 0.1) is 46.5 Å². The molecule has 0 saturated carbocycles. The third-order valence-electron chi connectivity index (χ3n) is 5.29.